The molecule has 0 amide bonds. The normalized spacial score (nSPS) is 21.8. The average molecular weight is 246 g/mol. The van der Waals surface area contributed by atoms with Crippen molar-refractivity contribution in [1.82, 2.24) is 5.32 Å². The zero-order chi connectivity index (χ0) is 11.8. The first kappa shape index (κ1) is 10.5. The molecule has 0 aromatic heterocycles. The number of ether oxygens (including phenoxy) is 1. The molecule has 0 bridgehead atoms. The molecule has 0 saturated heterocycles. The van der Waals surface area contributed by atoms with Crippen LogP contribution in [0, 0.1) is 0 Å². The van der Waals surface area contributed by atoms with Crippen molar-refractivity contribution < 1.29 is 4.74 Å². The molecule has 2 aliphatic rings. The molecule has 1 aromatic carbocycles. The Bertz CT molecular complexity index is 540. The van der Waals surface area contributed by atoms with Crippen molar-refractivity contribution >= 4 is 11.6 Å². The fraction of sp³-hybridized carbons (Fsp3) is 0.143. The van der Waals surface area contributed by atoms with E-state index >= 15 is 0 Å². The quantitative estimate of drug-likeness (QED) is 0.815. The molecule has 0 unspecified atom stereocenters. The van der Waals surface area contributed by atoms with Gasteiger partial charge in [-0.1, -0.05) is 23.7 Å². The molecule has 2 aliphatic heterocycles. The zero-order valence-electron chi connectivity index (χ0n) is 9.41. The molecule has 2 nitrogen and oxygen atoms in total. The molecule has 1 N–H and O–H groups in total. The van der Waals surface area contributed by atoms with Crippen LogP contribution in [0.25, 0.3) is 0 Å². The Morgan fingerprint density at radius 1 is 1.24 bits per heavy atom. The number of benzene rings is 1. The highest BCUT2D eigenvalue weighted by Crippen LogP contribution is 2.38. The number of halogens is 1. The summed E-state index contributed by atoms with van der Waals surface area (Å²) in [7, 11) is 0. The third-order valence-electron chi connectivity index (χ3n) is 2.95. The summed E-state index contributed by atoms with van der Waals surface area (Å²) in [6.07, 6.45) is 5.88. The Morgan fingerprint density at radius 2 is 2.00 bits per heavy atom. The minimum atomic E-state index is -0.0286. The van der Waals surface area contributed by atoms with Crippen molar-refractivity contribution in [2.24, 2.45) is 0 Å². The first-order chi connectivity index (χ1) is 8.24. The molecular weight excluding hydrogens is 234 g/mol. The van der Waals surface area contributed by atoms with Crippen LogP contribution in [-0.4, -0.2) is 0 Å². The lowest BCUT2D eigenvalue weighted by atomic mass is 9.96. The number of dihydropyridines is 1. The summed E-state index contributed by atoms with van der Waals surface area (Å²) in [5, 5.41) is 3.96. The molecule has 0 spiro atoms. The molecule has 3 rings (SSSR count). The van der Waals surface area contributed by atoms with Crippen molar-refractivity contribution in [2.75, 3.05) is 0 Å². The number of rotatable bonds is 1. The molecule has 3 heteroatoms. The molecule has 86 valence electrons. The van der Waals surface area contributed by atoms with E-state index in [1.54, 1.807) is 0 Å². The van der Waals surface area contributed by atoms with Crippen LogP contribution >= 0.6 is 11.6 Å². The van der Waals surface area contributed by atoms with Crippen LogP contribution in [-0.2, 0) is 4.74 Å². The number of allylic oxidation sites excluding steroid dienone is 2. The summed E-state index contributed by atoms with van der Waals surface area (Å²) in [6, 6.07) is 7.76. The van der Waals surface area contributed by atoms with E-state index in [0.29, 0.717) is 0 Å². The maximum Gasteiger partial charge on any atom is 0.150 e. The molecule has 0 aliphatic carbocycles. The van der Waals surface area contributed by atoms with E-state index in [-0.39, 0.29) is 6.10 Å². The van der Waals surface area contributed by atoms with Gasteiger partial charge in [0, 0.05) is 28.1 Å². The zero-order valence-corrected chi connectivity index (χ0v) is 10.2. The largest absolute Gasteiger partial charge is 0.488 e. The molecule has 1 atom stereocenters. The van der Waals surface area contributed by atoms with Crippen LogP contribution in [0.2, 0.25) is 5.02 Å². The van der Waals surface area contributed by atoms with Gasteiger partial charge in [0.25, 0.3) is 0 Å². The second kappa shape index (κ2) is 3.97. The third-order valence-corrected chi connectivity index (χ3v) is 3.20. The van der Waals surface area contributed by atoms with Gasteiger partial charge in [-0.15, -0.1) is 0 Å². The molecular formula is C14H12ClNO. The number of hydrogen-bond acceptors (Lipinski definition) is 2. The fourth-order valence-electron chi connectivity index (χ4n) is 2.07. The lowest BCUT2D eigenvalue weighted by molar-refractivity contribution is 0.200. The maximum atomic E-state index is 5.88. The minimum Gasteiger partial charge on any atom is -0.488 e. The molecule has 1 aromatic rings. The first-order valence-corrected chi connectivity index (χ1v) is 5.88. The van der Waals surface area contributed by atoms with Crippen LogP contribution < -0.4 is 5.32 Å². The van der Waals surface area contributed by atoms with Gasteiger partial charge in [-0.25, -0.2) is 0 Å². The monoisotopic (exact) mass is 245 g/mol. The maximum absolute atomic E-state index is 5.88. The highest BCUT2D eigenvalue weighted by Gasteiger charge is 2.27. The van der Waals surface area contributed by atoms with Crippen molar-refractivity contribution in [3.8, 4) is 0 Å². The second-order valence-electron chi connectivity index (χ2n) is 4.21. The number of fused-ring (bicyclic) bond motifs is 1. The van der Waals surface area contributed by atoms with Gasteiger partial charge in [-0.2, -0.15) is 0 Å². The Morgan fingerprint density at radius 3 is 2.76 bits per heavy atom. The topological polar surface area (TPSA) is 21.3 Å². The van der Waals surface area contributed by atoms with Gasteiger partial charge < -0.3 is 10.1 Å². The van der Waals surface area contributed by atoms with Crippen LogP contribution in [0.15, 0.2) is 59.6 Å². The predicted molar refractivity (Wildman–Crippen MR) is 68.3 cm³/mol. The van der Waals surface area contributed by atoms with Gasteiger partial charge in [-0.3, -0.25) is 0 Å². The Labute approximate surface area is 105 Å². The van der Waals surface area contributed by atoms with Gasteiger partial charge in [0.1, 0.15) is 0 Å². The van der Waals surface area contributed by atoms with Crippen LogP contribution in [0.5, 0.6) is 0 Å². The van der Waals surface area contributed by atoms with Gasteiger partial charge in [0.15, 0.2) is 6.10 Å². The Kier molecular flexibility index (Phi) is 2.45. The van der Waals surface area contributed by atoms with E-state index in [2.05, 4.69) is 11.4 Å². The summed E-state index contributed by atoms with van der Waals surface area (Å²) < 4.78 is 5.72. The summed E-state index contributed by atoms with van der Waals surface area (Å²) in [5.74, 6) is 0. The van der Waals surface area contributed by atoms with Crippen molar-refractivity contribution in [3.05, 3.63) is 70.2 Å². The summed E-state index contributed by atoms with van der Waals surface area (Å²) in [4.78, 5) is 0. The lowest BCUT2D eigenvalue weighted by Crippen LogP contribution is -2.11. The van der Waals surface area contributed by atoms with Gasteiger partial charge in [0.2, 0.25) is 0 Å². The van der Waals surface area contributed by atoms with Gasteiger partial charge >= 0.3 is 0 Å². The minimum absolute atomic E-state index is 0.0286. The smallest absolute Gasteiger partial charge is 0.150 e. The molecule has 17 heavy (non-hydrogen) atoms. The van der Waals surface area contributed by atoms with E-state index in [1.165, 1.54) is 0 Å². The predicted octanol–water partition coefficient (Wildman–Crippen LogP) is 3.69. The van der Waals surface area contributed by atoms with E-state index < -0.39 is 0 Å². The second-order valence-corrected chi connectivity index (χ2v) is 4.65. The highest BCUT2D eigenvalue weighted by atomic mass is 35.5. The van der Waals surface area contributed by atoms with Gasteiger partial charge in [-0.05, 0) is 30.7 Å². The van der Waals surface area contributed by atoms with Crippen LogP contribution in [0.3, 0.4) is 0 Å². The molecule has 0 radical (unpaired) electrons. The molecule has 2 heterocycles. The summed E-state index contributed by atoms with van der Waals surface area (Å²) in [5.41, 5.74) is 4.54. The van der Waals surface area contributed by atoms with E-state index in [9.17, 15) is 0 Å². The number of nitrogens with one attached hydrogen (secondary N) is 1. The highest BCUT2D eigenvalue weighted by molar-refractivity contribution is 6.30. The Balaban J connectivity index is 1.92. The van der Waals surface area contributed by atoms with Crippen molar-refractivity contribution in [3.63, 3.8) is 0 Å². The summed E-state index contributed by atoms with van der Waals surface area (Å²) >= 11 is 5.88. The fourth-order valence-corrected chi connectivity index (χ4v) is 2.20. The van der Waals surface area contributed by atoms with Crippen LogP contribution in [0.1, 0.15) is 18.6 Å². The van der Waals surface area contributed by atoms with E-state index in [0.717, 1.165) is 27.4 Å². The average Bonchev–Trinajstić information content (AvgIpc) is 2.73. The number of hydrogen-bond donors (Lipinski definition) is 1. The molecule has 0 saturated carbocycles. The molecule has 0 fully saturated rings. The van der Waals surface area contributed by atoms with Crippen molar-refractivity contribution in [2.45, 2.75) is 13.0 Å². The SMILES string of the molecule is CC1=CC2=CO[C@@H](c3ccc(Cl)cc3)C2=CN1. The summed E-state index contributed by atoms with van der Waals surface area (Å²) in [6.45, 7) is 2.03. The van der Waals surface area contributed by atoms with E-state index in [4.69, 9.17) is 16.3 Å². The van der Waals surface area contributed by atoms with Crippen molar-refractivity contribution in [1.29, 1.82) is 0 Å². The standard InChI is InChI=1S/C14H12ClNO/c1-9-6-11-8-17-14(13(11)7-16-9)10-2-4-12(15)5-3-10/h2-8,14,16H,1H3/t14-/m0/s1. The van der Waals surface area contributed by atoms with E-state index in [1.807, 2.05) is 43.7 Å². The lowest BCUT2D eigenvalue weighted by Gasteiger charge is -2.17. The Hall–Kier alpha value is -1.67. The first-order valence-electron chi connectivity index (χ1n) is 5.50. The third kappa shape index (κ3) is 1.85. The van der Waals surface area contributed by atoms with Crippen LogP contribution in [0.4, 0.5) is 0 Å². The van der Waals surface area contributed by atoms with Gasteiger partial charge in [0.05, 0.1) is 6.26 Å².